The predicted molar refractivity (Wildman–Crippen MR) is 518 cm³/mol. The van der Waals surface area contributed by atoms with Gasteiger partial charge in [0.05, 0.1) is 11.0 Å². The van der Waals surface area contributed by atoms with Crippen molar-refractivity contribution in [3.8, 4) is 94.7 Å². The van der Waals surface area contributed by atoms with Crippen molar-refractivity contribution in [2.75, 3.05) is 0 Å². The molecule has 24 aromatic rings. The highest BCUT2D eigenvalue weighted by Gasteiger charge is 2.27. The van der Waals surface area contributed by atoms with Crippen molar-refractivity contribution in [2.45, 2.75) is 38.5 Å². The number of fused-ring (bicyclic) bond motifs is 30. The minimum atomic E-state index is 0.933. The van der Waals surface area contributed by atoms with E-state index in [2.05, 4.69) is 362 Å². The van der Waals surface area contributed by atoms with Crippen molar-refractivity contribution >= 4 is 170 Å². The van der Waals surface area contributed by atoms with Crippen LogP contribution in [0.3, 0.4) is 0 Å². The van der Waals surface area contributed by atoms with E-state index in [1.807, 2.05) is 57.5 Å². The number of aromatic nitrogens is 1. The Bertz CT molecular complexity index is 7950. The Kier molecular flexibility index (Phi) is 16.3. The fraction of sp³-hybridized carbons (Fsp3) is 0.0526. The van der Waals surface area contributed by atoms with Gasteiger partial charge in [-0.05, 0) is 210 Å². The predicted octanol–water partition coefficient (Wildman–Crippen LogP) is 33.2. The van der Waals surface area contributed by atoms with Crippen LogP contribution in [0.1, 0.15) is 33.4 Å². The molecule has 0 saturated carbocycles. The van der Waals surface area contributed by atoms with Gasteiger partial charge in [-0.1, -0.05) is 315 Å². The molecule has 6 aromatic heterocycles. The molecule has 0 amide bonds. The average Bonchev–Trinajstić information content (AvgIpc) is 1.42. The van der Waals surface area contributed by atoms with Gasteiger partial charge in [0.2, 0.25) is 0 Å². The molecule has 0 unspecified atom stereocenters. The van der Waals surface area contributed by atoms with E-state index in [1.165, 1.54) is 225 Å². The molecule has 6 heteroatoms. The quantitative estimate of drug-likeness (QED) is 0.162. The van der Waals surface area contributed by atoms with E-state index in [9.17, 15) is 0 Å². The fourth-order valence-corrected chi connectivity index (χ4v) is 25.4. The second kappa shape index (κ2) is 28.1. The van der Waals surface area contributed by atoms with Gasteiger partial charge in [0.1, 0.15) is 11.2 Å². The van der Waals surface area contributed by atoms with E-state index in [-0.39, 0.29) is 0 Å². The van der Waals surface area contributed by atoms with E-state index < -0.39 is 0 Å². The molecule has 6 heterocycles. The van der Waals surface area contributed by atoms with Crippen molar-refractivity contribution in [1.29, 1.82) is 0 Å². The Hall–Kier alpha value is -13.6. The maximum atomic E-state index is 6.32. The molecular formula is C114H73NOS4. The van der Waals surface area contributed by atoms with Gasteiger partial charge in [0, 0.05) is 113 Å². The third kappa shape index (κ3) is 11.1. The van der Waals surface area contributed by atoms with Crippen LogP contribution in [0, 0.1) is 0 Å². The number of hydrogen-bond acceptors (Lipinski definition) is 5. The average molecular weight is 1600 g/mol. The molecule has 27 rings (SSSR count). The smallest absolute Gasteiger partial charge is 0.143 e. The van der Waals surface area contributed by atoms with Crippen LogP contribution in [-0.4, -0.2) is 4.57 Å². The minimum absolute atomic E-state index is 0.933. The first kappa shape index (κ1) is 69.5. The summed E-state index contributed by atoms with van der Waals surface area (Å²) in [5.74, 6) is 0. The summed E-state index contributed by atoms with van der Waals surface area (Å²) in [6.07, 6.45) is 6.72. The lowest BCUT2D eigenvalue weighted by Crippen LogP contribution is -2.03. The summed E-state index contributed by atoms with van der Waals surface area (Å²) in [4.78, 5) is 0. The number of aryl methyl sites for hydroxylation is 6. The zero-order valence-corrected chi connectivity index (χ0v) is 68.7. The maximum Gasteiger partial charge on any atom is 0.143 e. The van der Waals surface area contributed by atoms with Crippen LogP contribution in [0.25, 0.3) is 219 Å². The van der Waals surface area contributed by atoms with Gasteiger partial charge in [-0.25, -0.2) is 0 Å². The summed E-state index contributed by atoms with van der Waals surface area (Å²) < 4.78 is 19.7. The second-order valence-corrected chi connectivity index (χ2v) is 36.6. The first-order valence-corrected chi connectivity index (χ1v) is 45.1. The molecule has 120 heavy (non-hydrogen) atoms. The number of hydrogen-bond donors (Lipinski definition) is 0. The Balaban J connectivity index is 0.0000000997. The lowest BCUT2D eigenvalue weighted by Gasteiger charge is -2.21. The third-order valence-electron chi connectivity index (χ3n) is 25.9. The number of nitrogens with zero attached hydrogens (tertiary/aromatic N) is 1. The molecule has 0 N–H and O–H groups in total. The van der Waals surface area contributed by atoms with E-state index in [0.29, 0.717) is 0 Å². The third-order valence-corrected chi connectivity index (χ3v) is 30.8. The monoisotopic (exact) mass is 1600 g/mol. The lowest BCUT2D eigenvalue weighted by atomic mass is 9.83. The van der Waals surface area contributed by atoms with Crippen molar-refractivity contribution < 1.29 is 4.42 Å². The molecule has 0 atom stereocenters. The molecule has 3 aliphatic rings. The largest absolute Gasteiger partial charge is 0.455 e. The van der Waals surface area contributed by atoms with Crippen molar-refractivity contribution in [3.05, 3.63) is 403 Å². The van der Waals surface area contributed by atoms with Gasteiger partial charge in [0.15, 0.2) is 0 Å². The highest BCUT2D eigenvalue weighted by Crippen LogP contribution is 2.53. The van der Waals surface area contributed by atoms with Crippen molar-refractivity contribution in [2.24, 2.45) is 0 Å². The molecule has 0 bridgehead atoms. The first-order chi connectivity index (χ1) is 59.5. The molecule has 0 aliphatic heterocycles. The Morgan fingerprint density at radius 2 is 0.508 bits per heavy atom. The van der Waals surface area contributed by atoms with Crippen LogP contribution in [0.4, 0.5) is 0 Å². The normalized spacial score (nSPS) is 12.8. The molecule has 3 aliphatic carbocycles. The fourth-order valence-electron chi connectivity index (χ4n) is 20.4. The summed E-state index contributed by atoms with van der Waals surface area (Å²) in [6, 6.07) is 137. The van der Waals surface area contributed by atoms with Crippen LogP contribution in [-0.2, 0) is 38.5 Å². The molecule has 0 fully saturated rings. The van der Waals surface area contributed by atoms with Gasteiger partial charge in [-0.15, -0.1) is 45.3 Å². The van der Waals surface area contributed by atoms with Gasteiger partial charge in [-0.3, -0.25) is 0 Å². The van der Waals surface area contributed by atoms with Gasteiger partial charge in [-0.2, -0.15) is 0 Å². The highest BCUT2D eigenvalue weighted by atomic mass is 32.1. The van der Waals surface area contributed by atoms with Crippen LogP contribution >= 0.6 is 45.3 Å². The maximum absolute atomic E-state index is 6.32. The van der Waals surface area contributed by atoms with Gasteiger partial charge >= 0.3 is 0 Å². The Labute approximate surface area is 709 Å². The molecule has 2 nitrogen and oxygen atoms in total. The zero-order valence-electron chi connectivity index (χ0n) is 65.4. The van der Waals surface area contributed by atoms with Crippen LogP contribution < -0.4 is 0 Å². The summed E-state index contributed by atoms with van der Waals surface area (Å²) in [6.45, 7) is 0. The van der Waals surface area contributed by atoms with Gasteiger partial charge < -0.3 is 8.98 Å². The van der Waals surface area contributed by atoms with Crippen molar-refractivity contribution in [3.63, 3.8) is 0 Å². The number of furan rings is 1. The van der Waals surface area contributed by atoms with E-state index in [1.54, 1.807) is 0 Å². The Morgan fingerprint density at radius 3 is 0.958 bits per heavy atom. The topological polar surface area (TPSA) is 18.1 Å². The summed E-state index contributed by atoms with van der Waals surface area (Å²) in [5, 5.41) is 16.0. The van der Waals surface area contributed by atoms with E-state index >= 15 is 0 Å². The van der Waals surface area contributed by atoms with Crippen molar-refractivity contribution in [1.82, 2.24) is 4.57 Å². The summed E-state index contributed by atoms with van der Waals surface area (Å²) >= 11 is 7.68. The standard InChI is InChI=1S/C38H25NS.C38H24OS.C38H24S2/c1-2-9-28-24(8-1)16-17-26-20-23-35-37(36(26)28)32-13-7-12-29(38(32)40-35)25-18-21-27(22-19-25)39-33-14-5-3-10-30(33)31-11-4-6-15-34(31)39;2*1-2-8-27-23(7-1)19-20-26-21-22-34-36(35(26)27)32-13-6-11-29(38(32)40-34)25-17-15-24(16-18-25)28-10-5-12-31-30-9-3-4-14-33(30)39-37(28)31/h1-15,18-23H,16-17H2;2*1-18,21-22H,19-20H2. The van der Waals surface area contributed by atoms with E-state index in [0.717, 1.165) is 66.0 Å². The SMILES string of the molecule is c1ccc2c(c1)CCc1ccc3sc4c(-c5ccc(-c6cccc7c6oc6ccccc67)cc5)cccc4c3c1-2.c1ccc2c(c1)CCc1ccc3sc4c(-c5ccc(-c6cccc7c6sc6ccccc67)cc5)cccc4c3c1-2.c1ccc2c(c1)CCc1ccc3sc4c(-c5ccc(-n6c7ccccc7c7ccccc76)cc5)cccc4c3c1-2. The van der Waals surface area contributed by atoms with Crippen LogP contribution in [0.15, 0.2) is 374 Å². The number of benzene rings is 18. The molecule has 0 saturated heterocycles. The molecule has 0 radical (unpaired) electrons. The number of para-hydroxylation sites is 4. The zero-order chi connectivity index (χ0) is 78.6. The Morgan fingerprint density at radius 1 is 0.200 bits per heavy atom. The highest BCUT2D eigenvalue weighted by molar-refractivity contribution is 7.27. The summed E-state index contributed by atoms with van der Waals surface area (Å²) in [5.41, 5.74) is 35.6. The summed E-state index contributed by atoms with van der Waals surface area (Å²) in [7, 11) is 0. The minimum Gasteiger partial charge on any atom is -0.455 e. The first-order valence-electron chi connectivity index (χ1n) is 41.8. The number of thiophene rings is 4. The molecule has 0 spiro atoms. The van der Waals surface area contributed by atoms with Gasteiger partial charge in [0.25, 0.3) is 0 Å². The number of rotatable bonds is 6. The van der Waals surface area contributed by atoms with E-state index in [4.69, 9.17) is 4.42 Å². The van der Waals surface area contributed by atoms with Crippen LogP contribution in [0.5, 0.6) is 0 Å². The lowest BCUT2D eigenvalue weighted by molar-refractivity contribution is 0.670. The second-order valence-electron chi connectivity index (χ2n) is 32.4. The molecule has 18 aromatic carbocycles. The van der Waals surface area contributed by atoms with Crippen LogP contribution in [0.2, 0.25) is 0 Å². The molecular weight excluding hydrogens is 1530 g/mol. The molecule has 564 valence electrons.